The largest absolute Gasteiger partial charge is 0.390 e. The van der Waals surface area contributed by atoms with E-state index in [0.29, 0.717) is 25.7 Å². The molecule has 0 radical (unpaired) electrons. The number of allylic oxidation sites excluding steroid dienone is 3. The van der Waals surface area contributed by atoms with Gasteiger partial charge >= 0.3 is 0 Å². The third kappa shape index (κ3) is 2.22. The third-order valence-corrected chi connectivity index (χ3v) is 12.1. The molecule has 7 rings (SSSR count). The zero-order valence-corrected chi connectivity index (χ0v) is 22.2. The SMILES string of the molecule is C=CC1=CC2C3C(C)(C)OC4(O)C(=O)C25CC2(O)CCCC(C)(C)C2CCC5(C1)C(=O)C34C(C)C. The highest BCUT2D eigenvalue weighted by molar-refractivity contribution is 6.13. The number of Topliss-reactive ketones (excluding diaryl/α,β-unsaturated/α-hetero) is 2. The molecule has 1 spiro atoms. The van der Waals surface area contributed by atoms with E-state index in [4.69, 9.17) is 4.74 Å². The van der Waals surface area contributed by atoms with Gasteiger partial charge in [-0.15, -0.1) is 0 Å². The van der Waals surface area contributed by atoms with Gasteiger partial charge in [-0.05, 0) is 75.5 Å². The molecule has 0 aromatic heterocycles. The topological polar surface area (TPSA) is 83.8 Å². The maximum absolute atomic E-state index is 15.2. The normalized spacial score (nSPS) is 53.1. The summed E-state index contributed by atoms with van der Waals surface area (Å²) >= 11 is 0. The van der Waals surface area contributed by atoms with Gasteiger partial charge in [0.25, 0.3) is 0 Å². The van der Waals surface area contributed by atoms with Crippen LogP contribution in [0.2, 0.25) is 0 Å². The van der Waals surface area contributed by atoms with Gasteiger partial charge in [-0.2, -0.15) is 0 Å². The molecule has 5 heteroatoms. The summed E-state index contributed by atoms with van der Waals surface area (Å²) in [5, 5.41) is 24.7. The van der Waals surface area contributed by atoms with Gasteiger partial charge in [-0.1, -0.05) is 58.4 Å². The van der Waals surface area contributed by atoms with Crippen molar-refractivity contribution in [3.63, 3.8) is 0 Å². The summed E-state index contributed by atoms with van der Waals surface area (Å²) in [4.78, 5) is 30.1. The summed E-state index contributed by atoms with van der Waals surface area (Å²) in [6.07, 6.45) is 8.53. The van der Waals surface area contributed by atoms with Gasteiger partial charge in [0.2, 0.25) is 11.6 Å². The van der Waals surface area contributed by atoms with Crippen molar-refractivity contribution in [2.45, 2.75) is 103 Å². The van der Waals surface area contributed by atoms with Gasteiger partial charge in [0.05, 0.1) is 22.0 Å². The molecule has 1 heterocycles. The van der Waals surface area contributed by atoms with Crippen molar-refractivity contribution < 1.29 is 24.5 Å². The van der Waals surface area contributed by atoms with Crippen molar-refractivity contribution in [3.8, 4) is 0 Å². The van der Waals surface area contributed by atoms with Crippen LogP contribution in [0.1, 0.15) is 86.5 Å². The van der Waals surface area contributed by atoms with Gasteiger partial charge in [0.15, 0.2) is 5.78 Å². The van der Waals surface area contributed by atoms with Crippen LogP contribution in [0.25, 0.3) is 0 Å². The second kappa shape index (κ2) is 6.39. The second-order valence-electron chi connectivity index (χ2n) is 14.4. The standard InChI is InChI=1S/C30H42O5/c1-8-18-14-19-21-25(6,7)35-30(34)23(32)28(19)16-27(33)12-9-11-24(4,5)20(27)10-13-26(28,15-18)22(31)29(21,30)17(2)3/h8,14,17,19-21,33-34H,1,9-13,15-16H2,2-7H3. The van der Waals surface area contributed by atoms with E-state index in [0.717, 1.165) is 18.4 Å². The Morgan fingerprint density at radius 2 is 1.77 bits per heavy atom. The van der Waals surface area contributed by atoms with Crippen molar-refractivity contribution in [1.82, 2.24) is 0 Å². The lowest BCUT2D eigenvalue weighted by Crippen LogP contribution is -2.83. The number of aliphatic hydroxyl groups is 2. The molecule has 35 heavy (non-hydrogen) atoms. The molecule has 8 unspecified atom stereocenters. The zero-order valence-electron chi connectivity index (χ0n) is 22.2. The molecule has 0 aromatic rings. The first-order valence-electron chi connectivity index (χ1n) is 13.7. The minimum atomic E-state index is -2.16. The summed E-state index contributed by atoms with van der Waals surface area (Å²) in [5.41, 5.74) is -4.41. The van der Waals surface area contributed by atoms with E-state index in [1.54, 1.807) is 0 Å². The molecule has 8 atom stereocenters. The van der Waals surface area contributed by atoms with Gasteiger partial charge in [0.1, 0.15) is 0 Å². The molecule has 6 aliphatic carbocycles. The highest BCUT2D eigenvalue weighted by Crippen LogP contribution is 2.83. The van der Waals surface area contributed by atoms with Gasteiger partial charge in [-0.25, -0.2) is 0 Å². The van der Waals surface area contributed by atoms with E-state index in [-0.39, 0.29) is 47.1 Å². The zero-order chi connectivity index (χ0) is 25.6. The van der Waals surface area contributed by atoms with Crippen molar-refractivity contribution in [2.24, 2.45) is 45.3 Å². The molecule has 0 amide bonds. The number of carbonyl (C=O) groups is 2. The van der Waals surface area contributed by atoms with Crippen LogP contribution < -0.4 is 0 Å². The molecule has 1 saturated heterocycles. The summed E-state index contributed by atoms with van der Waals surface area (Å²) in [5.74, 6) is -3.41. The fourth-order valence-electron chi connectivity index (χ4n) is 11.1. The molecule has 1 aliphatic heterocycles. The number of rotatable bonds is 2. The third-order valence-electron chi connectivity index (χ3n) is 12.1. The summed E-state index contributed by atoms with van der Waals surface area (Å²) in [7, 11) is 0. The predicted molar refractivity (Wildman–Crippen MR) is 132 cm³/mol. The summed E-state index contributed by atoms with van der Waals surface area (Å²) in [6.45, 7) is 16.3. The van der Waals surface area contributed by atoms with Crippen LogP contribution in [0.3, 0.4) is 0 Å². The minimum Gasteiger partial charge on any atom is -0.390 e. The first-order chi connectivity index (χ1) is 16.1. The van der Waals surface area contributed by atoms with Crippen LogP contribution in [-0.2, 0) is 14.3 Å². The fourth-order valence-corrected chi connectivity index (χ4v) is 11.1. The van der Waals surface area contributed by atoms with E-state index >= 15 is 4.79 Å². The lowest BCUT2D eigenvalue weighted by molar-refractivity contribution is -0.286. The minimum absolute atomic E-state index is 0.00132. The molecule has 5 saturated carbocycles. The fraction of sp³-hybridized carbons (Fsp3) is 0.800. The summed E-state index contributed by atoms with van der Waals surface area (Å²) < 4.78 is 6.36. The Morgan fingerprint density at radius 3 is 2.40 bits per heavy atom. The average Bonchev–Trinajstić information content (AvgIpc) is 2.81. The van der Waals surface area contributed by atoms with Crippen molar-refractivity contribution >= 4 is 11.6 Å². The average molecular weight is 483 g/mol. The van der Waals surface area contributed by atoms with Gasteiger partial charge in [-0.3, -0.25) is 9.59 Å². The van der Waals surface area contributed by atoms with Crippen molar-refractivity contribution in [1.29, 1.82) is 0 Å². The Labute approximate surface area is 209 Å². The van der Waals surface area contributed by atoms with Crippen LogP contribution >= 0.6 is 0 Å². The molecule has 6 bridgehead atoms. The molecule has 2 N–H and O–H groups in total. The number of carbonyl (C=O) groups excluding carboxylic acids is 2. The van der Waals surface area contributed by atoms with Gasteiger partial charge in [0, 0.05) is 11.3 Å². The van der Waals surface area contributed by atoms with E-state index in [9.17, 15) is 15.0 Å². The molecule has 192 valence electrons. The number of ether oxygens (including phenoxy) is 1. The lowest BCUT2D eigenvalue weighted by atomic mass is 9.28. The van der Waals surface area contributed by atoms with E-state index in [1.807, 2.05) is 33.8 Å². The molecular weight excluding hydrogens is 440 g/mol. The Balaban J connectivity index is 1.71. The number of hydrogen-bond acceptors (Lipinski definition) is 5. The molecule has 5 nitrogen and oxygen atoms in total. The second-order valence-corrected chi connectivity index (χ2v) is 14.4. The Morgan fingerprint density at radius 1 is 1.09 bits per heavy atom. The Bertz CT molecular complexity index is 1080. The number of fused-ring (bicyclic) bond motifs is 1. The quantitative estimate of drug-likeness (QED) is 0.593. The van der Waals surface area contributed by atoms with Gasteiger partial charge < -0.3 is 14.9 Å². The smallest absolute Gasteiger partial charge is 0.241 e. The van der Waals surface area contributed by atoms with Crippen LogP contribution in [-0.4, -0.2) is 38.8 Å². The van der Waals surface area contributed by atoms with Crippen molar-refractivity contribution in [3.05, 3.63) is 24.3 Å². The molecule has 0 aromatic carbocycles. The molecular formula is C30H42O5. The van der Waals surface area contributed by atoms with E-state index in [2.05, 4.69) is 26.5 Å². The van der Waals surface area contributed by atoms with Crippen LogP contribution in [0, 0.1) is 45.3 Å². The van der Waals surface area contributed by atoms with Crippen LogP contribution in [0.4, 0.5) is 0 Å². The van der Waals surface area contributed by atoms with Crippen LogP contribution in [0.5, 0.6) is 0 Å². The molecule has 6 fully saturated rings. The number of hydrogen-bond donors (Lipinski definition) is 2. The lowest BCUT2D eigenvalue weighted by Gasteiger charge is -2.71. The first-order valence-corrected chi connectivity index (χ1v) is 13.7. The highest BCUT2D eigenvalue weighted by atomic mass is 16.7. The Hall–Kier alpha value is -1.30. The maximum Gasteiger partial charge on any atom is 0.241 e. The van der Waals surface area contributed by atoms with E-state index < -0.39 is 33.2 Å². The summed E-state index contributed by atoms with van der Waals surface area (Å²) in [6, 6.07) is 0. The first kappa shape index (κ1) is 24.1. The predicted octanol–water partition coefficient (Wildman–Crippen LogP) is 4.75. The van der Waals surface area contributed by atoms with Crippen molar-refractivity contribution in [2.75, 3.05) is 0 Å². The highest BCUT2D eigenvalue weighted by Gasteiger charge is 2.93. The van der Waals surface area contributed by atoms with Crippen LogP contribution in [0.15, 0.2) is 24.3 Å². The Kier molecular flexibility index (Phi) is 4.39. The monoisotopic (exact) mass is 482 g/mol. The maximum atomic E-state index is 15.2. The molecule has 7 aliphatic rings. The van der Waals surface area contributed by atoms with E-state index in [1.165, 1.54) is 0 Å². The number of ketones is 2.